The highest BCUT2D eigenvalue weighted by Crippen LogP contribution is 2.07. The van der Waals surface area contributed by atoms with Gasteiger partial charge in [-0.3, -0.25) is 0 Å². The van der Waals surface area contributed by atoms with Gasteiger partial charge in [-0.15, -0.1) is 0 Å². The largest absolute Gasteiger partial charge is 0.373 e. The van der Waals surface area contributed by atoms with Crippen LogP contribution in [0.15, 0.2) is 30.3 Å². The van der Waals surface area contributed by atoms with Gasteiger partial charge >= 0.3 is 0 Å². The van der Waals surface area contributed by atoms with Crippen molar-refractivity contribution in [2.75, 3.05) is 13.1 Å². The third-order valence-electron chi connectivity index (χ3n) is 2.31. The lowest BCUT2D eigenvalue weighted by molar-refractivity contribution is 0.0327. The van der Waals surface area contributed by atoms with Crippen LogP contribution in [0.2, 0.25) is 0 Å². The Labute approximate surface area is 91.4 Å². The summed E-state index contributed by atoms with van der Waals surface area (Å²) in [5.41, 5.74) is 12.2. The van der Waals surface area contributed by atoms with E-state index in [2.05, 4.69) is 12.1 Å². The Hall–Kier alpha value is -0.900. The lowest BCUT2D eigenvalue weighted by Crippen LogP contribution is -2.21. The molecule has 1 aromatic carbocycles. The molecule has 84 valence electrons. The average molecular weight is 208 g/mol. The second-order valence-electron chi connectivity index (χ2n) is 3.57. The van der Waals surface area contributed by atoms with Gasteiger partial charge in [0.25, 0.3) is 0 Å². The zero-order chi connectivity index (χ0) is 10.9. The molecule has 1 rings (SSSR count). The highest BCUT2D eigenvalue weighted by atomic mass is 16.5. The summed E-state index contributed by atoms with van der Waals surface area (Å²) in [4.78, 5) is 0. The predicted molar refractivity (Wildman–Crippen MR) is 62.4 cm³/mol. The first-order valence-corrected chi connectivity index (χ1v) is 5.42. The van der Waals surface area contributed by atoms with Crippen molar-refractivity contribution in [3.63, 3.8) is 0 Å². The Kier molecular flexibility index (Phi) is 6.00. The number of rotatable bonds is 7. The number of benzene rings is 1. The van der Waals surface area contributed by atoms with Crippen LogP contribution >= 0.6 is 0 Å². The van der Waals surface area contributed by atoms with Gasteiger partial charge in [-0.1, -0.05) is 30.3 Å². The van der Waals surface area contributed by atoms with Crippen molar-refractivity contribution < 1.29 is 4.74 Å². The van der Waals surface area contributed by atoms with Crippen LogP contribution in [0.5, 0.6) is 0 Å². The Bertz CT molecular complexity index is 245. The highest BCUT2D eigenvalue weighted by Gasteiger charge is 2.06. The molecule has 0 aliphatic carbocycles. The molecule has 1 aromatic rings. The molecule has 0 bridgehead atoms. The topological polar surface area (TPSA) is 61.3 Å². The minimum absolute atomic E-state index is 0.195. The molecule has 0 heterocycles. The van der Waals surface area contributed by atoms with E-state index in [4.69, 9.17) is 16.2 Å². The number of hydrogen-bond acceptors (Lipinski definition) is 3. The first kappa shape index (κ1) is 12.2. The van der Waals surface area contributed by atoms with E-state index >= 15 is 0 Å². The molecule has 0 aromatic heterocycles. The highest BCUT2D eigenvalue weighted by molar-refractivity contribution is 5.13. The smallest absolute Gasteiger partial charge is 0.0720 e. The van der Waals surface area contributed by atoms with E-state index in [1.165, 1.54) is 5.56 Å². The standard InChI is InChI=1S/C12H20N2O/c13-8-6-12(7-9-14)15-10-11-4-2-1-3-5-11/h1-5,12H,6-10,13-14H2. The maximum atomic E-state index is 5.75. The normalized spacial score (nSPS) is 10.9. The van der Waals surface area contributed by atoms with Crippen LogP contribution in [0, 0.1) is 0 Å². The maximum absolute atomic E-state index is 5.75. The first-order valence-electron chi connectivity index (χ1n) is 5.42. The number of ether oxygens (including phenoxy) is 1. The fraction of sp³-hybridized carbons (Fsp3) is 0.500. The number of hydrogen-bond donors (Lipinski definition) is 2. The van der Waals surface area contributed by atoms with Gasteiger partial charge in [0.1, 0.15) is 0 Å². The predicted octanol–water partition coefficient (Wildman–Crippen LogP) is 1.27. The summed E-state index contributed by atoms with van der Waals surface area (Å²) in [5.74, 6) is 0. The summed E-state index contributed by atoms with van der Waals surface area (Å²) in [6, 6.07) is 10.1. The SMILES string of the molecule is NCCC(CCN)OCc1ccccc1. The third kappa shape index (κ3) is 4.93. The molecule has 0 saturated heterocycles. The van der Waals surface area contributed by atoms with Gasteiger partial charge < -0.3 is 16.2 Å². The van der Waals surface area contributed by atoms with Gasteiger partial charge in [0, 0.05) is 0 Å². The maximum Gasteiger partial charge on any atom is 0.0720 e. The van der Waals surface area contributed by atoms with Crippen LogP contribution < -0.4 is 11.5 Å². The van der Waals surface area contributed by atoms with Gasteiger partial charge in [-0.25, -0.2) is 0 Å². The molecule has 0 radical (unpaired) electrons. The quantitative estimate of drug-likeness (QED) is 0.709. The summed E-state index contributed by atoms with van der Waals surface area (Å²) in [5, 5.41) is 0. The molecule has 3 heteroatoms. The summed E-state index contributed by atoms with van der Waals surface area (Å²) in [7, 11) is 0. The fourth-order valence-corrected chi connectivity index (χ4v) is 1.47. The lowest BCUT2D eigenvalue weighted by atomic mass is 10.2. The van der Waals surface area contributed by atoms with E-state index in [1.807, 2.05) is 18.2 Å². The van der Waals surface area contributed by atoms with Crippen LogP contribution in [0.3, 0.4) is 0 Å². The van der Waals surface area contributed by atoms with Crippen molar-refractivity contribution >= 4 is 0 Å². The molecular weight excluding hydrogens is 188 g/mol. The van der Waals surface area contributed by atoms with Gasteiger partial charge in [0.05, 0.1) is 12.7 Å². The summed E-state index contributed by atoms with van der Waals surface area (Å²) >= 11 is 0. The van der Waals surface area contributed by atoms with Gasteiger partial charge in [-0.05, 0) is 31.5 Å². The van der Waals surface area contributed by atoms with Gasteiger partial charge in [0.2, 0.25) is 0 Å². The zero-order valence-corrected chi connectivity index (χ0v) is 9.06. The summed E-state index contributed by atoms with van der Waals surface area (Å²) in [6.45, 7) is 1.95. The second-order valence-corrected chi connectivity index (χ2v) is 3.57. The first-order chi connectivity index (χ1) is 7.36. The molecule has 0 saturated carbocycles. The molecule has 0 atom stereocenters. The Morgan fingerprint density at radius 1 is 1.00 bits per heavy atom. The third-order valence-corrected chi connectivity index (χ3v) is 2.31. The van der Waals surface area contributed by atoms with Crippen molar-refractivity contribution in [3.05, 3.63) is 35.9 Å². The lowest BCUT2D eigenvalue weighted by Gasteiger charge is -2.16. The summed E-state index contributed by atoms with van der Waals surface area (Å²) < 4.78 is 5.75. The average Bonchev–Trinajstić information content (AvgIpc) is 2.28. The van der Waals surface area contributed by atoms with Crippen LogP contribution in [-0.2, 0) is 11.3 Å². The van der Waals surface area contributed by atoms with Crippen molar-refractivity contribution in [2.24, 2.45) is 11.5 Å². The minimum atomic E-state index is 0.195. The van der Waals surface area contributed by atoms with E-state index in [1.54, 1.807) is 0 Å². The van der Waals surface area contributed by atoms with Gasteiger partial charge in [0.15, 0.2) is 0 Å². The monoisotopic (exact) mass is 208 g/mol. The molecule has 0 unspecified atom stereocenters. The van der Waals surface area contributed by atoms with Gasteiger partial charge in [-0.2, -0.15) is 0 Å². The Balaban J connectivity index is 2.33. The van der Waals surface area contributed by atoms with Crippen molar-refractivity contribution in [1.82, 2.24) is 0 Å². The van der Waals surface area contributed by atoms with Crippen LogP contribution in [0.25, 0.3) is 0 Å². The molecule has 0 aliphatic heterocycles. The van der Waals surface area contributed by atoms with E-state index in [-0.39, 0.29) is 6.10 Å². The van der Waals surface area contributed by atoms with E-state index in [0.29, 0.717) is 19.7 Å². The van der Waals surface area contributed by atoms with E-state index < -0.39 is 0 Å². The van der Waals surface area contributed by atoms with E-state index in [0.717, 1.165) is 12.8 Å². The molecular formula is C12H20N2O. The van der Waals surface area contributed by atoms with Crippen LogP contribution in [0.1, 0.15) is 18.4 Å². The fourth-order valence-electron chi connectivity index (χ4n) is 1.47. The molecule has 0 aliphatic rings. The zero-order valence-electron chi connectivity index (χ0n) is 9.06. The molecule has 0 amide bonds. The second kappa shape index (κ2) is 7.40. The molecule has 3 nitrogen and oxygen atoms in total. The van der Waals surface area contributed by atoms with Crippen molar-refractivity contribution in [2.45, 2.75) is 25.6 Å². The minimum Gasteiger partial charge on any atom is -0.373 e. The Morgan fingerprint density at radius 2 is 1.60 bits per heavy atom. The molecule has 0 spiro atoms. The van der Waals surface area contributed by atoms with Crippen molar-refractivity contribution in [1.29, 1.82) is 0 Å². The Morgan fingerprint density at radius 3 is 2.13 bits per heavy atom. The molecule has 15 heavy (non-hydrogen) atoms. The van der Waals surface area contributed by atoms with E-state index in [9.17, 15) is 0 Å². The van der Waals surface area contributed by atoms with Crippen LogP contribution in [0.4, 0.5) is 0 Å². The van der Waals surface area contributed by atoms with Crippen molar-refractivity contribution in [3.8, 4) is 0 Å². The summed E-state index contributed by atoms with van der Waals surface area (Å²) in [6.07, 6.45) is 1.95. The molecule has 0 fully saturated rings. The van der Waals surface area contributed by atoms with Crippen LogP contribution in [-0.4, -0.2) is 19.2 Å². The number of nitrogens with two attached hydrogens (primary N) is 2. The molecule has 4 N–H and O–H groups in total.